The van der Waals surface area contributed by atoms with Crippen LogP contribution in [0.2, 0.25) is 0 Å². The van der Waals surface area contributed by atoms with Gasteiger partial charge in [-0.25, -0.2) is 0 Å². The number of aliphatic hydroxyl groups is 1. The number of nitrogens with zero attached hydrogens (tertiary/aromatic N) is 1. The Bertz CT molecular complexity index is 384. The van der Waals surface area contributed by atoms with E-state index in [1.165, 1.54) is 0 Å². The first-order valence-corrected chi connectivity index (χ1v) is 6.06. The lowest BCUT2D eigenvalue weighted by molar-refractivity contribution is 0.208. The maximum atomic E-state index is 9.18. The summed E-state index contributed by atoms with van der Waals surface area (Å²) in [4.78, 5) is 4.45. The summed E-state index contributed by atoms with van der Waals surface area (Å²) in [6.07, 6.45) is 0.774. The lowest BCUT2D eigenvalue weighted by atomic mass is 10.1. The maximum Gasteiger partial charge on any atom is 0.128 e. The highest BCUT2D eigenvalue weighted by atomic mass is 16.3. The molecule has 2 rings (SSSR count). The number of anilines is 1. The Morgan fingerprint density at radius 1 is 1.41 bits per heavy atom. The fourth-order valence-electron chi connectivity index (χ4n) is 1.74. The standard InChI is InChI=1S/C13H19N3O/c1-10(17)9-16-12-5-3-11(4-6-12)13-14-7-2-8-15-13/h3-6,10,16-17H,2,7-9H2,1H3,(H,14,15). The Hall–Kier alpha value is -1.55. The van der Waals surface area contributed by atoms with Crippen LogP contribution in [0.1, 0.15) is 18.9 Å². The van der Waals surface area contributed by atoms with E-state index in [-0.39, 0.29) is 6.10 Å². The fraction of sp³-hybridized carbons (Fsp3) is 0.462. The van der Waals surface area contributed by atoms with Crippen LogP contribution in [0.15, 0.2) is 29.3 Å². The molecule has 1 aliphatic heterocycles. The number of aliphatic imine (C=N–C) groups is 1. The lowest BCUT2D eigenvalue weighted by Gasteiger charge is -2.15. The zero-order valence-electron chi connectivity index (χ0n) is 10.1. The molecule has 1 aromatic carbocycles. The lowest BCUT2D eigenvalue weighted by Crippen LogP contribution is -2.30. The topological polar surface area (TPSA) is 56.6 Å². The molecule has 0 bridgehead atoms. The van der Waals surface area contributed by atoms with E-state index in [4.69, 9.17) is 0 Å². The van der Waals surface area contributed by atoms with Crippen LogP contribution < -0.4 is 10.6 Å². The molecular weight excluding hydrogens is 214 g/mol. The number of rotatable bonds is 4. The SMILES string of the molecule is CC(O)CNc1ccc(C2=NCCCN2)cc1. The number of hydrogen-bond acceptors (Lipinski definition) is 4. The van der Waals surface area contributed by atoms with E-state index in [9.17, 15) is 5.11 Å². The first kappa shape index (κ1) is 11.9. The van der Waals surface area contributed by atoms with Crippen molar-refractivity contribution in [2.75, 3.05) is 25.0 Å². The van der Waals surface area contributed by atoms with Gasteiger partial charge in [-0.3, -0.25) is 4.99 Å². The molecule has 1 atom stereocenters. The van der Waals surface area contributed by atoms with E-state index in [0.29, 0.717) is 6.54 Å². The summed E-state index contributed by atoms with van der Waals surface area (Å²) in [5.74, 6) is 0.985. The minimum Gasteiger partial charge on any atom is -0.392 e. The van der Waals surface area contributed by atoms with Gasteiger partial charge in [0, 0.05) is 30.9 Å². The Kier molecular flexibility index (Phi) is 3.98. The zero-order valence-corrected chi connectivity index (χ0v) is 10.1. The van der Waals surface area contributed by atoms with Crippen molar-refractivity contribution in [3.63, 3.8) is 0 Å². The predicted octanol–water partition coefficient (Wildman–Crippen LogP) is 1.22. The van der Waals surface area contributed by atoms with Crippen LogP contribution in [0.4, 0.5) is 5.69 Å². The van der Waals surface area contributed by atoms with Gasteiger partial charge in [0.1, 0.15) is 5.84 Å². The third kappa shape index (κ3) is 3.46. The summed E-state index contributed by atoms with van der Waals surface area (Å²) >= 11 is 0. The third-order valence-corrected chi connectivity index (χ3v) is 2.66. The monoisotopic (exact) mass is 233 g/mol. The molecule has 0 spiro atoms. The Labute approximate surface area is 102 Å². The first-order valence-electron chi connectivity index (χ1n) is 6.06. The smallest absolute Gasteiger partial charge is 0.128 e. The normalized spacial score (nSPS) is 16.9. The van der Waals surface area contributed by atoms with Gasteiger partial charge >= 0.3 is 0 Å². The maximum absolute atomic E-state index is 9.18. The van der Waals surface area contributed by atoms with Gasteiger partial charge < -0.3 is 15.7 Å². The summed E-state index contributed by atoms with van der Waals surface area (Å²) in [5.41, 5.74) is 2.14. The highest BCUT2D eigenvalue weighted by Gasteiger charge is 2.06. The van der Waals surface area contributed by atoms with Gasteiger partial charge in [-0.05, 0) is 37.6 Å². The van der Waals surface area contributed by atoms with Gasteiger partial charge in [0.2, 0.25) is 0 Å². The summed E-state index contributed by atoms with van der Waals surface area (Å²) in [6, 6.07) is 8.11. The molecule has 1 unspecified atom stereocenters. The molecule has 3 N–H and O–H groups in total. The minimum absolute atomic E-state index is 0.334. The molecule has 17 heavy (non-hydrogen) atoms. The van der Waals surface area contributed by atoms with E-state index >= 15 is 0 Å². The van der Waals surface area contributed by atoms with Crippen LogP contribution in [-0.2, 0) is 0 Å². The highest BCUT2D eigenvalue weighted by Crippen LogP contribution is 2.11. The van der Waals surface area contributed by atoms with Crippen LogP contribution in [0, 0.1) is 0 Å². The number of hydrogen-bond donors (Lipinski definition) is 3. The van der Waals surface area contributed by atoms with Crippen molar-refractivity contribution in [1.29, 1.82) is 0 Å². The van der Waals surface area contributed by atoms with Crippen molar-refractivity contribution in [2.45, 2.75) is 19.4 Å². The molecule has 4 heteroatoms. The van der Waals surface area contributed by atoms with Gasteiger partial charge in [-0.15, -0.1) is 0 Å². The Morgan fingerprint density at radius 3 is 2.76 bits per heavy atom. The van der Waals surface area contributed by atoms with Crippen molar-refractivity contribution in [1.82, 2.24) is 5.32 Å². The van der Waals surface area contributed by atoms with Crippen molar-refractivity contribution in [3.05, 3.63) is 29.8 Å². The molecule has 0 radical (unpaired) electrons. The van der Waals surface area contributed by atoms with Crippen molar-refractivity contribution in [2.24, 2.45) is 4.99 Å². The van der Waals surface area contributed by atoms with E-state index in [1.54, 1.807) is 6.92 Å². The molecule has 0 aromatic heterocycles. The average molecular weight is 233 g/mol. The second-order valence-corrected chi connectivity index (χ2v) is 4.32. The Balaban J connectivity index is 1.99. The Morgan fingerprint density at radius 2 is 2.18 bits per heavy atom. The van der Waals surface area contributed by atoms with E-state index < -0.39 is 0 Å². The van der Waals surface area contributed by atoms with Crippen molar-refractivity contribution in [3.8, 4) is 0 Å². The molecule has 0 amide bonds. The zero-order chi connectivity index (χ0) is 12.1. The molecule has 0 saturated heterocycles. The average Bonchev–Trinajstić information content (AvgIpc) is 2.38. The van der Waals surface area contributed by atoms with Gasteiger partial charge in [0.05, 0.1) is 6.10 Å². The second kappa shape index (κ2) is 5.68. The van der Waals surface area contributed by atoms with Crippen molar-refractivity contribution < 1.29 is 5.11 Å². The number of amidine groups is 1. The predicted molar refractivity (Wildman–Crippen MR) is 70.6 cm³/mol. The van der Waals surface area contributed by atoms with Crippen LogP contribution in [0.25, 0.3) is 0 Å². The quantitative estimate of drug-likeness (QED) is 0.733. The molecule has 0 fully saturated rings. The summed E-state index contributed by atoms with van der Waals surface area (Å²) < 4.78 is 0. The van der Waals surface area contributed by atoms with Gasteiger partial charge in [0.25, 0.3) is 0 Å². The molecule has 0 saturated carbocycles. The summed E-state index contributed by atoms with van der Waals surface area (Å²) in [6.45, 7) is 4.24. The number of nitrogens with one attached hydrogen (secondary N) is 2. The van der Waals surface area contributed by atoms with Crippen LogP contribution in [0.3, 0.4) is 0 Å². The third-order valence-electron chi connectivity index (χ3n) is 2.66. The van der Waals surface area contributed by atoms with Crippen LogP contribution >= 0.6 is 0 Å². The molecule has 1 aromatic rings. The molecule has 0 aliphatic carbocycles. The van der Waals surface area contributed by atoms with Crippen molar-refractivity contribution >= 4 is 11.5 Å². The molecular formula is C13H19N3O. The summed E-state index contributed by atoms with van der Waals surface area (Å²) in [7, 11) is 0. The second-order valence-electron chi connectivity index (χ2n) is 4.32. The molecule has 1 aliphatic rings. The first-order chi connectivity index (χ1) is 8.25. The molecule has 4 nitrogen and oxygen atoms in total. The minimum atomic E-state index is -0.334. The van der Waals surface area contributed by atoms with Gasteiger partial charge in [-0.2, -0.15) is 0 Å². The van der Waals surface area contributed by atoms with E-state index in [1.807, 2.05) is 24.3 Å². The number of benzene rings is 1. The largest absolute Gasteiger partial charge is 0.392 e. The van der Waals surface area contributed by atoms with Gasteiger partial charge in [0.15, 0.2) is 0 Å². The van der Waals surface area contributed by atoms with Gasteiger partial charge in [-0.1, -0.05) is 0 Å². The number of aliphatic hydroxyl groups excluding tert-OH is 1. The molecule has 92 valence electrons. The van der Waals surface area contributed by atoms with Crippen LogP contribution in [0.5, 0.6) is 0 Å². The van der Waals surface area contributed by atoms with Crippen LogP contribution in [-0.4, -0.2) is 36.7 Å². The summed E-state index contributed by atoms with van der Waals surface area (Å²) in [5, 5.41) is 15.6. The molecule has 1 heterocycles. The highest BCUT2D eigenvalue weighted by molar-refractivity contribution is 5.99. The fourth-order valence-corrected chi connectivity index (χ4v) is 1.74. The van der Waals surface area contributed by atoms with E-state index in [2.05, 4.69) is 15.6 Å². The van der Waals surface area contributed by atoms with E-state index in [0.717, 1.165) is 36.6 Å².